The number of carbonyl (C=O) groups excluding carboxylic acids is 2. The lowest BCUT2D eigenvalue weighted by Gasteiger charge is -2.27. The average Bonchev–Trinajstić information content (AvgIpc) is 3.48. The molecule has 5 heterocycles. The van der Waals surface area contributed by atoms with Crippen molar-refractivity contribution in [1.29, 1.82) is 0 Å². The van der Waals surface area contributed by atoms with Gasteiger partial charge in [0, 0.05) is 11.6 Å². The molecule has 2 aliphatic rings. The van der Waals surface area contributed by atoms with Gasteiger partial charge in [0.25, 0.3) is 0 Å². The van der Waals surface area contributed by atoms with Gasteiger partial charge in [-0.2, -0.15) is 0 Å². The average molecular weight is 583 g/mol. The zero-order valence-corrected chi connectivity index (χ0v) is 22.2. The van der Waals surface area contributed by atoms with E-state index in [2.05, 4.69) is 36.2 Å². The molecule has 194 valence electrons. The number of amides is 2. The Morgan fingerprint density at radius 1 is 1.00 bits per heavy atom. The highest BCUT2D eigenvalue weighted by Crippen LogP contribution is 2.48. The number of benzene rings is 1. The van der Waals surface area contributed by atoms with Crippen LogP contribution in [0.5, 0.6) is 0 Å². The van der Waals surface area contributed by atoms with Gasteiger partial charge in [0.2, 0.25) is 11.8 Å². The number of nitrogen functional groups attached to an aromatic ring is 1. The van der Waals surface area contributed by atoms with Gasteiger partial charge in [-0.3, -0.25) is 9.59 Å². The van der Waals surface area contributed by atoms with Crippen LogP contribution in [0.15, 0.2) is 71.6 Å². The molecule has 2 fully saturated rings. The van der Waals surface area contributed by atoms with E-state index in [1.165, 1.54) is 6.33 Å². The van der Waals surface area contributed by atoms with E-state index < -0.39 is 6.04 Å². The summed E-state index contributed by atoms with van der Waals surface area (Å²) >= 11 is 3.33. The second kappa shape index (κ2) is 9.12. The minimum Gasteiger partial charge on any atom is -0.383 e. The summed E-state index contributed by atoms with van der Waals surface area (Å²) in [4.78, 5) is 46.7. The first-order valence-corrected chi connectivity index (χ1v) is 13.5. The summed E-state index contributed by atoms with van der Waals surface area (Å²) in [5, 5.41) is 3.48. The first kappa shape index (κ1) is 23.7. The summed E-state index contributed by atoms with van der Waals surface area (Å²) in [5.74, 6) is 0.703. The van der Waals surface area contributed by atoms with Crippen LogP contribution in [0.2, 0.25) is 0 Å². The highest BCUT2D eigenvalue weighted by atomic mass is 79.9. The molecule has 39 heavy (non-hydrogen) atoms. The Morgan fingerprint density at radius 3 is 2.67 bits per heavy atom. The number of hydrogen-bond acceptors (Lipinski definition) is 7. The number of halogens is 1. The van der Waals surface area contributed by atoms with Gasteiger partial charge in [0.05, 0.1) is 16.6 Å². The van der Waals surface area contributed by atoms with Crippen molar-refractivity contribution >= 4 is 61.4 Å². The molecule has 1 aliphatic carbocycles. The van der Waals surface area contributed by atoms with Crippen molar-refractivity contribution in [1.82, 2.24) is 29.4 Å². The van der Waals surface area contributed by atoms with Crippen LogP contribution < -0.4 is 11.1 Å². The minimum atomic E-state index is -0.558. The number of carbonyl (C=O) groups is 2. The van der Waals surface area contributed by atoms with Crippen LogP contribution in [0.4, 0.5) is 11.6 Å². The Bertz CT molecular complexity index is 1770. The molecule has 7 rings (SSSR count). The summed E-state index contributed by atoms with van der Waals surface area (Å²) in [6.07, 6.45) is 2.94. The molecule has 0 radical (unpaired) electrons. The van der Waals surface area contributed by atoms with Gasteiger partial charge in [-0.1, -0.05) is 36.4 Å². The Kier molecular flexibility index (Phi) is 5.55. The fourth-order valence-corrected chi connectivity index (χ4v) is 6.02. The highest BCUT2D eigenvalue weighted by molar-refractivity contribution is 9.10. The maximum Gasteiger partial charge on any atom is 0.248 e. The molecule has 0 bridgehead atoms. The summed E-state index contributed by atoms with van der Waals surface area (Å²) in [6, 6.07) is 18.5. The normalized spacial score (nSPS) is 19.8. The van der Waals surface area contributed by atoms with Gasteiger partial charge in [0.1, 0.15) is 46.3 Å². The maximum atomic E-state index is 13.8. The topological polar surface area (TPSA) is 132 Å². The number of nitrogens with zero attached hydrogens (tertiary/aromatic N) is 6. The quantitative estimate of drug-likeness (QED) is 0.299. The third-order valence-electron chi connectivity index (χ3n) is 7.54. The fraction of sp³-hybridized carbons (Fsp3) is 0.214. The summed E-state index contributed by atoms with van der Waals surface area (Å²) in [5.41, 5.74) is 9.95. The predicted molar refractivity (Wildman–Crippen MR) is 150 cm³/mol. The van der Waals surface area contributed by atoms with E-state index in [9.17, 15) is 9.59 Å². The van der Waals surface area contributed by atoms with Crippen LogP contribution in [-0.4, -0.2) is 53.3 Å². The Morgan fingerprint density at radius 2 is 1.85 bits per heavy atom. The SMILES string of the molecule is Nc1ncnc2c1c1nc(-c3ccccc3)ccc1n2CC(=O)N1[C@@H]2C[C@@H]2C[C@H]1C(=O)Nc1cccc(Br)n1. The molecule has 1 aliphatic heterocycles. The molecule has 4 aromatic heterocycles. The molecular weight excluding hydrogens is 560 g/mol. The summed E-state index contributed by atoms with van der Waals surface area (Å²) in [6.45, 7) is 0.00491. The van der Waals surface area contributed by atoms with Crippen molar-refractivity contribution in [2.45, 2.75) is 31.5 Å². The molecule has 5 aromatic rings. The molecular formula is C28H23BrN8O2. The van der Waals surface area contributed by atoms with E-state index in [0.717, 1.165) is 23.2 Å². The zero-order valence-electron chi connectivity index (χ0n) is 20.7. The van der Waals surface area contributed by atoms with E-state index >= 15 is 0 Å². The van der Waals surface area contributed by atoms with Crippen LogP contribution in [0.1, 0.15) is 12.8 Å². The van der Waals surface area contributed by atoms with Crippen LogP contribution in [-0.2, 0) is 16.1 Å². The largest absolute Gasteiger partial charge is 0.383 e. The van der Waals surface area contributed by atoms with Gasteiger partial charge in [-0.25, -0.2) is 19.9 Å². The van der Waals surface area contributed by atoms with Gasteiger partial charge in [-0.05, 0) is 59.0 Å². The van der Waals surface area contributed by atoms with Gasteiger partial charge >= 0.3 is 0 Å². The third-order valence-corrected chi connectivity index (χ3v) is 7.98. The highest BCUT2D eigenvalue weighted by Gasteiger charge is 2.56. The van der Waals surface area contributed by atoms with E-state index in [-0.39, 0.29) is 24.4 Å². The van der Waals surface area contributed by atoms with Crippen LogP contribution in [0, 0.1) is 5.92 Å². The second-order valence-corrected chi connectivity index (χ2v) is 10.7. The van der Waals surface area contributed by atoms with Gasteiger partial charge < -0.3 is 20.5 Å². The fourth-order valence-electron chi connectivity index (χ4n) is 5.67. The molecule has 1 saturated heterocycles. The molecule has 0 spiro atoms. The smallest absolute Gasteiger partial charge is 0.248 e. The van der Waals surface area contributed by atoms with Crippen LogP contribution >= 0.6 is 15.9 Å². The third kappa shape index (κ3) is 4.09. The van der Waals surface area contributed by atoms with Crippen molar-refractivity contribution in [2.75, 3.05) is 11.1 Å². The lowest BCUT2D eigenvalue weighted by molar-refractivity contribution is -0.138. The zero-order chi connectivity index (χ0) is 26.7. The molecule has 3 atom stereocenters. The number of hydrogen-bond donors (Lipinski definition) is 2. The molecule has 1 saturated carbocycles. The van der Waals surface area contributed by atoms with Crippen molar-refractivity contribution in [3.05, 3.63) is 71.6 Å². The first-order chi connectivity index (χ1) is 19.0. The van der Waals surface area contributed by atoms with E-state index in [0.29, 0.717) is 45.1 Å². The van der Waals surface area contributed by atoms with E-state index in [1.807, 2.05) is 47.0 Å². The monoisotopic (exact) mass is 582 g/mol. The van der Waals surface area contributed by atoms with Crippen molar-refractivity contribution < 1.29 is 9.59 Å². The number of pyridine rings is 2. The lowest BCUT2D eigenvalue weighted by Crippen LogP contribution is -2.46. The van der Waals surface area contributed by atoms with Crippen molar-refractivity contribution in [3.8, 4) is 11.3 Å². The van der Waals surface area contributed by atoms with Crippen LogP contribution in [0.3, 0.4) is 0 Å². The van der Waals surface area contributed by atoms with Crippen molar-refractivity contribution in [3.63, 3.8) is 0 Å². The Hall–Kier alpha value is -4.38. The minimum absolute atomic E-state index is 0.00491. The molecule has 0 unspecified atom stereocenters. The number of likely N-dealkylation sites (tertiary alicyclic amines) is 1. The van der Waals surface area contributed by atoms with Gasteiger partial charge in [-0.15, -0.1) is 0 Å². The van der Waals surface area contributed by atoms with Gasteiger partial charge in [0.15, 0.2) is 0 Å². The molecule has 2 amide bonds. The number of piperidine rings is 1. The number of fused-ring (bicyclic) bond motifs is 4. The summed E-state index contributed by atoms with van der Waals surface area (Å²) in [7, 11) is 0. The molecule has 10 nitrogen and oxygen atoms in total. The Balaban J connectivity index is 1.23. The lowest BCUT2D eigenvalue weighted by atomic mass is 10.1. The molecule has 3 N–H and O–H groups in total. The number of aromatic nitrogens is 5. The van der Waals surface area contributed by atoms with Crippen molar-refractivity contribution in [2.24, 2.45) is 5.92 Å². The number of anilines is 2. The number of rotatable bonds is 5. The maximum absolute atomic E-state index is 13.8. The Labute approximate surface area is 231 Å². The predicted octanol–water partition coefficient (Wildman–Crippen LogP) is 4.01. The molecule has 11 heteroatoms. The van der Waals surface area contributed by atoms with E-state index in [4.69, 9.17) is 10.7 Å². The number of nitrogens with one attached hydrogen (secondary N) is 1. The standard InChI is InChI=1S/C28H23BrN8O2/c29-21-7-4-8-22(34-21)35-28(39)20-12-16-11-19(16)37(20)23(38)13-36-18-10-9-17(15-5-2-1-3-6-15)33-25(18)24-26(30)31-14-32-27(24)36/h1-10,14,16,19-20H,11-13H2,(H2,30,31,32)(H,34,35,39)/t16-,19-,20+/m1/s1. The van der Waals surface area contributed by atoms with E-state index in [1.54, 1.807) is 23.1 Å². The van der Waals surface area contributed by atoms with Crippen LogP contribution in [0.25, 0.3) is 33.3 Å². The summed E-state index contributed by atoms with van der Waals surface area (Å²) < 4.78 is 2.45. The number of nitrogens with two attached hydrogens (primary N) is 1. The molecule has 1 aromatic carbocycles. The second-order valence-electron chi connectivity index (χ2n) is 9.92. The first-order valence-electron chi connectivity index (χ1n) is 12.7.